The minimum absolute atomic E-state index is 0.862. The second-order valence-electron chi connectivity index (χ2n) is 11.2. The molecule has 0 amide bonds. The van der Waals surface area contributed by atoms with Crippen LogP contribution in [0.1, 0.15) is 25.2 Å². The standard InChI is InChI=1S/C39H28N2O/c1-3-11-29-31-23-25(19-21-37(31)42-36(29)4-2)40-33-17-10-8-15-30(33)38-34(40)20-18-24-22-35-28-14-6-5-12-26(28)27-13-7-9-16-32(27)41(35)39(24)38/h3,5-23H,4H2,1-2H3/b11-3-. The molecule has 4 heterocycles. The van der Waals surface area contributed by atoms with E-state index < -0.39 is 0 Å². The summed E-state index contributed by atoms with van der Waals surface area (Å²) in [7, 11) is 0. The minimum Gasteiger partial charge on any atom is -0.460 e. The largest absolute Gasteiger partial charge is 0.460 e. The first-order valence-electron chi connectivity index (χ1n) is 14.7. The smallest absolute Gasteiger partial charge is 0.135 e. The summed E-state index contributed by atoms with van der Waals surface area (Å²) < 4.78 is 11.2. The molecule has 9 aromatic rings. The van der Waals surface area contributed by atoms with Gasteiger partial charge in [-0.25, -0.2) is 0 Å². The number of hydrogen-bond acceptors (Lipinski definition) is 1. The van der Waals surface area contributed by atoms with Crippen LogP contribution in [0, 0.1) is 0 Å². The third kappa shape index (κ3) is 3.00. The van der Waals surface area contributed by atoms with Crippen molar-refractivity contribution >= 4 is 76.9 Å². The lowest BCUT2D eigenvalue weighted by Crippen LogP contribution is -1.94. The molecule has 0 atom stereocenters. The van der Waals surface area contributed by atoms with Gasteiger partial charge in [0.25, 0.3) is 0 Å². The first kappa shape index (κ1) is 23.4. The SMILES string of the molecule is C/C=C\c1c(CC)oc2ccc(-n3c4ccccc4c4c3ccc3cc5c6ccccc6c6ccccc6n5c34)cc12. The van der Waals surface area contributed by atoms with E-state index in [1.54, 1.807) is 0 Å². The van der Waals surface area contributed by atoms with Crippen molar-refractivity contribution in [2.75, 3.05) is 0 Å². The van der Waals surface area contributed by atoms with Crippen molar-refractivity contribution in [2.45, 2.75) is 20.3 Å². The Kier molecular flexibility index (Phi) is 4.80. The van der Waals surface area contributed by atoms with E-state index >= 15 is 0 Å². The molecule has 0 saturated heterocycles. The minimum atomic E-state index is 0.862. The fraction of sp³-hybridized carbons (Fsp3) is 0.0769. The Balaban J connectivity index is 1.47. The Morgan fingerprint density at radius 2 is 1.36 bits per heavy atom. The second kappa shape index (κ2) is 8.61. The average Bonchev–Trinajstić information content (AvgIpc) is 3.70. The number of furan rings is 1. The number of pyridine rings is 1. The van der Waals surface area contributed by atoms with Gasteiger partial charge in [0.2, 0.25) is 0 Å². The third-order valence-corrected chi connectivity index (χ3v) is 8.94. The summed E-state index contributed by atoms with van der Waals surface area (Å²) in [5.41, 5.74) is 9.38. The normalized spacial score (nSPS) is 12.5. The molecule has 42 heavy (non-hydrogen) atoms. The van der Waals surface area contributed by atoms with Gasteiger partial charge < -0.3 is 13.4 Å². The number of nitrogens with zero attached hydrogens (tertiary/aromatic N) is 2. The second-order valence-corrected chi connectivity index (χ2v) is 11.2. The van der Waals surface area contributed by atoms with Gasteiger partial charge in [0, 0.05) is 50.0 Å². The van der Waals surface area contributed by atoms with Crippen LogP contribution in [0.15, 0.2) is 120 Å². The number of allylic oxidation sites excluding steroid dienone is 1. The van der Waals surface area contributed by atoms with Crippen LogP contribution >= 0.6 is 0 Å². The summed E-state index contributed by atoms with van der Waals surface area (Å²) in [6, 6.07) is 40.0. The number of aromatic nitrogens is 2. The molecular weight excluding hydrogens is 512 g/mol. The topological polar surface area (TPSA) is 22.5 Å². The van der Waals surface area contributed by atoms with Gasteiger partial charge in [-0.1, -0.05) is 85.8 Å². The summed E-state index contributed by atoms with van der Waals surface area (Å²) in [4.78, 5) is 0. The highest BCUT2D eigenvalue weighted by Crippen LogP contribution is 2.42. The fourth-order valence-corrected chi connectivity index (χ4v) is 7.22. The molecule has 0 N–H and O–H groups in total. The van der Waals surface area contributed by atoms with Crippen LogP contribution < -0.4 is 0 Å². The highest BCUT2D eigenvalue weighted by Gasteiger charge is 2.20. The van der Waals surface area contributed by atoms with Crippen LogP contribution in [0.4, 0.5) is 0 Å². The number of benzene rings is 5. The molecule has 0 saturated carbocycles. The lowest BCUT2D eigenvalue weighted by Gasteiger charge is -2.11. The Labute approximate surface area is 242 Å². The molecule has 0 bridgehead atoms. The maximum atomic E-state index is 6.26. The van der Waals surface area contributed by atoms with E-state index in [9.17, 15) is 0 Å². The number of para-hydroxylation sites is 2. The van der Waals surface area contributed by atoms with Crippen molar-refractivity contribution in [1.29, 1.82) is 0 Å². The van der Waals surface area contributed by atoms with E-state index in [-0.39, 0.29) is 0 Å². The van der Waals surface area contributed by atoms with Crippen molar-refractivity contribution in [1.82, 2.24) is 8.97 Å². The molecule has 9 rings (SSSR count). The number of fused-ring (bicyclic) bond motifs is 13. The number of rotatable bonds is 3. The van der Waals surface area contributed by atoms with Crippen molar-refractivity contribution < 1.29 is 4.42 Å². The van der Waals surface area contributed by atoms with E-state index in [0.29, 0.717) is 0 Å². The Hall–Kier alpha value is -5.28. The Morgan fingerprint density at radius 1 is 0.643 bits per heavy atom. The fourth-order valence-electron chi connectivity index (χ4n) is 7.22. The molecule has 200 valence electrons. The molecule has 0 fully saturated rings. The third-order valence-electron chi connectivity index (χ3n) is 8.94. The Morgan fingerprint density at radius 3 is 2.14 bits per heavy atom. The van der Waals surface area contributed by atoms with Gasteiger partial charge >= 0.3 is 0 Å². The van der Waals surface area contributed by atoms with Gasteiger partial charge in [-0.05, 0) is 54.8 Å². The summed E-state index contributed by atoms with van der Waals surface area (Å²) in [5, 5.41) is 8.77. The monoisotopic (exact) mass is 540 g/mol. The van der Waals surface area contributed by atoms with E-state index in [1.807, 2.05) is 0 Å². The van der Waals surface area contributed by atoms with Crippen LogP contribution in [0.25, 0.3) is 82.6 Å². The predicted molar refractivity (Wildman–Crippen MR) is 178 cm³/mol. The maximum Gasteiger partial charge on any atom is 0.135 e. The number of hydrogen-bond donors (Lipinski definition) is 0. The molecular formula is C39H28N2O. The lowest BCUT2D eigenvalue weighted by atomic mass is 10.1. The molecule has 0 radical (unpaired) electrons. The van der Waals surface area contributed by atoms with Gasteiger partial charge in [-0.2, -0.15) is 0 Å². The molecule has 5 aromatic carbocycles. The molecule has 0 spiro atoms. The molecule has 0 aliphatic heterocycles. The molecule has 0 unspecified atom stereocenters. The van der Waals surface area contributed by atoms with Crippen LogP contribution in [-0.2, 0) is 6.42 Å². The molecule has 0 aliphatic carbocycles. The molecule has 0 aliphatic rings. The summed E-state index contributed by atoms with van der Waals surface area (Å²) in [5.74, 6) is 1.03. The van der Waals surface area contributed by atoms with E-state index in [2.05, 4.69) is 144 Å². The van der Waals surface area contributed by atoms with Gasteiger partial charge in [0.15, 0.2) is 0 Å². The first-order valence-corrected chi connectivity index (χ1v) is 14.7. The van der Waals surface area contributed by atoms with Gasteiger partial charge in [-0.3, -0.25) is 0 Å². The highest BCUT2D eigenvalue weighted by atomic mass is 16.3. The summed E-state index contributed by atoms with van der Waals surface area (Å²) >= 11 is 0. The number of aryl methyl sites for hydroxylation is 1. The zero-order valence-electron chi connectivity index (χ0n) is 23.6. The van der Waals surface area contributed by atoms with Gasteiger partial charge in [0.1, 0.15) is 11.3 Å². The van der Waals surface area contributed by atoms with Gasteiger partial charge in [0.05, 0.1) is 27.6 Å². The molecule has 3 heteroatoms. The van der Waals surface area contributed by atoms with Crippen LogP contribution in [0.2, 0.25) is 0 Å². The predicted octanol–water partition coefficient (Wildman–Crippen LogP) is 10.8. The average molecular weight is 541 g/mol. The molecule has 3 nitrogen and oxygen atoms in total. The van der Waals surface area contributed by atoms with E-state index in [1.165, 1.54) is 65.5 Å². The first-order chi connectivity index (χ1) is 20.8. The summed E-state index contributed by atoms with van der Waals surface area (Å²) in [6.45, 7) is 4.22. The zero-order chi connectivity index (χ0) is 27.9. The molecule has 4 aromatic heterocycles. The van der Waals surface area contributed by atoms with Crippen molar-refractivity contribution in [3.05, 3.63) is 127 Å². The van der Waals surface area contributed by atoms with Gasteiger partial charge in [-0.15, -0.1) is 0 Å². The van der Waals surface area contributed by atoms with Crippen molar-refractivity contribution in [3.8, 4) is 5.69 Å². The van der Waals surface area contributed by atoms with E-state index in [0.717, 1.165) is 28.8 Å². The highest BCUT2D eigenvalue weighted by molar-refractivity contribution is 6.24. The summed E-state index contributed by atoms with van der Waals surface area (Å²) in [6.07, 6.45) is 5.13. The van der Waals surface area contributed by atoms with Crippen molar-refractivity contribution in [2.24, 2.45) is 0 Å². The van der Waals surface area contributed by atoms with Crippen LogP contribution in [0.5, 0.6) is 0 Å². The quantitative estimate of drug-likeness (QED) is 0.204. The maximum absolute atomic E-state index is 6.26. The van der Waals surface area contributed by atoms with Crippen LogP contribution in [0.3, 0.4) is 0 Å². The van der Waals surface area contributed by atoms with Crippen molar-refractivity contribution in [3.63, 3.8) is 0 Å². The lowest BCUT2D eigenvalue weighted by molar-refractivity contribution is 0.556. The van der Waals surface area contributed by atoms with Crippen LogP contribution in [-0.4, -0.2) is 8.97 Å². The van der Waals surface area contributed by atoms with E-state index in [4.69, 9.17) is 4.42 Å². The Bertz CT molecular complexity index is 2570. The zero-order valence-corrected chi connectivity index (χ0v) is 23.6.